The van der Waals surface area contributed by atoms with E-state index in [4.69, 9.17) is 28.6 Å². The quantitative estimate of drug-likeness (QED) is 0.480. The van der Waals surface area contributed by atoms with E-state index in [9.17, 15) is 4.79 Å². The molecule has 0 aliphatic rings. The molecule has 0 atom stereocenters. The first-order chi connectivity index (χ1) is 10.2. The van der Waals surface area contributed by atoms with Crippen LogP contribution >= 0.6 is 23.8 Å². The van der Waals surface area contributed by atoms with E-state index in [1.807, 2.05) is 45.9 Å². The van der Waals surface area contributed by atoms with Crippen LogP contribution in [0.4, 0.5) is 5.69 Å². The zero-order valence-electron chi connectivity index (χ0n) is 13.5. The highest BCUT2D eigenvalue weighted by molar-refractivity contribution is 7.80. The standard InChI is InChI=1S/C16H23ClN2O2S/c1-11-10-12(17)7-8-13(11)19-15(22)18-9-5-6-14(20)21-16(2,3)4/h7-8,10H,5-6,9H2,1-4H3,(H2,18,19,22). The third-order valence-electron chi connectivity index (χ3n) is 2.70. The Morgan fingerprint density at radius 2 is 2.05 bits per heavy atom. The van der Waals surface area contributed by atoms with Gasteiger partial charge in [0.05, 0.1) is 0 Å². The van der Waals surface area contributed by atoms with Crippen molar-refractivity contribution in [3.63, 3.8) is 0 Å². The lowest BCUT2D eigenvalue weighted by molar-refractivity contribution is -0.154. The number of anilines is 1. The Balaban J connectivity index is 2.28. The van der Waals surface area contributed by atoms with Gasteiger partial charge >= 0.3 is 5.97 Å². The van der Waals surface area contributed by atoms with Crippen molar-refractivity contribution in [2.45, 2.75) is 46.1 Å². The molecule has 22 heavy (non-hydrogen) atoms. The second-order valence-corrected chi connectivity index (χ2v) is 6.87. The van der Waals surface area contributed by atoms with E-state index in [1.54, 1.807) is 0 Å². The first kappa shape index (κ1) is 18.7. The van der Waals surface area contributed by atoms with Crippen LogP contribution in [0.25, 0.3) is 0 Å². The molecule has 0 amide bonds. The van der Waals surface area contributed by atoms with Crippen molar-refractivity contribution in [3.05, 3.63) is 28.8 Å². The Kier molecular flexibility index (Phi) is 7.10. The summed E-state index contributed by atoms with van der Waals surface area (Å²) < 4.78 is 5.24. The number of hydrogen-bond donors (Lipinski definition) is 2. The highest BCUT2D eigenvalue weighted by atomic mass is 35.5. The molecule has 0 spiro atoms. The van der Waals surface area contributed by atoms with Crippen LogP contribution in [0.1, 0.15) is 39.2 Å². The van der Waals surface area contributed by atoms with Crippen LogP contribution in [0, 0.1) is 6.92 Å². The molecule has 0 bridgehead atoms. The van der Waals surface area contributed by atoms with Crippen molar-refractivity contribution < 1.29 is 9.53 Å². The first-order valence-corrected chi connectivity index (χ1v) is 7.99. The van der Waals surface area contributed by atoms with Gasteiger partial charge in [0.15, 0.2) is 5.11 Å². The maximum absolute atomic E-state index is 11.6. The molecule has 0 saturated carbocycles. The zero-order valence-corrected chi connectivity index (χ0v) is 15.0. The van der Waals surface area contributed by atoms with Gasteiger partial charge < -0.3 is 15.4 Å². The molecule has 2 N–H and O–H groups in total. The summed E-state index contributed by atoms with van der Waals surface area (Å²) in [6.07, 6.45) is 1.03. The molecule has 0 aromatic heterocycles. The van der Waals surface area contributed by atoms with Crippen molar-refractivity contribution >= 4 is 40.6 Å². The second kappa shape index (κ2) is 8.34. The molecule has 1 aromatic rings. The number of aryl methyl sites for hydroxylation is 1. The van der Waals surface area contributed by atoms with Gasteiger partial charge in [-0.25, -0.2) is 0 Å². The SMILES string of the molecule is Cc1cc(Cl)ccc1NC(=S)NCCCC(=O)OC(C)(C)C. The van der Waals surface area contributed by atoms with Crippen molar-refractivity contribution in [1.82, 2.24) is 5.32 Å². The average Bonchev–Trinajstić information content (AvgIpc) is 2.36. The largest absolute Gasteiger partial charge is 0.460 e. The van der Waals surface area contributed by atoms with Crippen LogP contribution in [0.5, 0.6) is 0 Å². The number of rotatable bonds is 5. The maximum atomic E-state index is 11.6. The highest BCUT2D eigenvalue weighted by Crippen LogP contribution is 2.19. The van der Waals surface area contributed by atoms with Gasteiger partial charge in [0, 0.05) is 23.7 Å². The minimum atomic E-state index is -0.437. The molecule has 0 saturated heterocycles. The fourth-order valence-corrected chi connectivity index (χ4v) is 2.20. The highest BCUT2D eigenvalue weighted by Gasteiger charge is 2.15. The Labute approximate surface area is 142 Å². The van der Waals surface area contributed by atoms with Crippen molar-refractivity contribution in [3.8, 4) is 0 Å². The number of esters is 1. The number of carbonyl (C=O) groups is 1. The van der Waals surface area contributed by atoms with E-state index in [0.717, 1.165) is 11.3 Å². The lowest BCUT2D eigenvalue weighted by Crippen LogP contribution is -2.30. The number of hydrogen-bond acceptors (Lipinski definition) is 3. The van der Waals surface area contributed by atoms with E-state index in [2.05, 4.69) is 10.6 Å². The molecule has 4 nitrogen and oxygen atoms in total. The predicted octanol–water partition coefficient (Wildman–Crippen LogP) is 4.06. The summed E-state index contributed by atoms with van der Waals surface area (Å²) in [6.45, 7) is 8.14. The van der Waals surface area contributed by atoms with Crippen LogP contribution in [0.2, 0.25) is 5.02 Å². The molecule has 122 valence electrons. The number of thiocarbonyl (C=S) groups is 1. The molecule has 0 heterocycles. The van der Waals surface area contributed by atoms with E-state index < -0.39 is 5.60 Å². The van der Waals surface area contributed by atoms with E-state index in [-0.39, 0.29) is 5.97 Å². The van der Waals surface area contributed by atoms with Crippen molar-refractivity contribution in [1.29, 1.82) is 0 Å². The van der Waals surface area contributed by atoms with Crippen LogP contribution in [0.15, 0.2) is 18.2 Å². The van der Waals surface area contributed by atoms with Gasteiger partial charge in [0.1, 0.15) is 5.60 Å². The lowest BCUT2D eigenvalue weighted by Gasteiger charge is -2.19. The molecule has 0 aliphatic carbocycles. The molecule has 0 unspecified atom stereocenters. The molecule has 0 aliphatic heterocycles. The smallest absolute Gasteiger partial charge is 0.306 e. The van der Waals surface area contributed by atoms with Gasteiger partial charge in [-0.05, 0) is 70.1 Å². The van der Waals surface area contributed by atoms with Crippen LogP contribution in [-0.2, 0) is 9.53 Å². The Hall–Kier alpha value is -1.33. The number of carbonyl (C=O) groups excluding carboxylic acids is 1. The topological polar surface area (TPSA) is 50.4 Å². The number of halogens is 1. The maximum Gasteiger partial charge on any atom is 0.306 e. The van der Waals surface area contributed by atoms with Crippen molar-refractivity contribution in [2.24, 2.45) is 0 Å². The summed E-state index contributed by atoms with van der Waals surface area (Å²) in [5, 5.41) is 7.40. The molecular weight excluding hydrogens is 320 g/mol. The monoisotopic (exact) mass is 342 g/mol. The van der Waals surface area contributed by atoms with Gasteiger partial charge in [-0.3, -0.25) is 4.79 Å². The Morgan fingerprint density at radius 3 is 2.64 bits per heavy atom. The first-order valence-electron chi connectivity index (χ1n) is 7.20. The average molecular weight is 343 g/mol. The molecule has 1 aromatic carbocycles. The normalized spacial score (nSPS) is 11.0. The van der Waals surface area contributed by atoms with E-state index >= 15 is 0 Å². The minimum Gasteiger partial charge on any atom is -0.460 e. The molecular formula is C16H23ClN2O2S. The van der Waals surface area contributed by atoms with E-state index in [0.29, 0.717) is 29.5 Å². The Bertz CT molecular complexity index is 541. The van der Waals surface area contributed by atoms with Gasteiger partial charge in [0.2, 0.25) is 0 Å². The number of nitrogens with one attached hydrogen (secondary N) is 2. The van der Waals surface area contributed by atoms with Crippen LogP contribution in [-0.4, -0.2) is 23.2 Å². The summed E-state index contributed by atoms with van der Waals surface area (Å²) in [4.78, 5) is 11.6. The van der Waals surface area contributed by atoms with Gasteiger partial charge in [-0.1, -0.05) is 11.6 Å². The fraction of sp³-hybridized carbons (Fsp3) is 0.500. The van der Waals surface area contributed by atoms with Gasteiger partial charge in [-0.15, -0.1) is 0 Å². The predicted molar refractivity (Wildman–Crippen MR) is 95.5 cm³/mol. The summed E-state index contributed by atoms with van der Waals surface area (Å²) in [5.74, 6) is -0.193. The molecule has 0 fully saturated rings. The van der Waals surface area contributed by atoms with Crippen LogP contribution in [0.3, 0.4) is 0 Å². The van der Waals surface area contributed by atoms with Gasteiger partial charge in [-0.2, -0.15) is 0 Å². The van der Waals surface area contributed by atoms with Gasteiger partial charge in [0.25, 0.3) is 0 Å². The summed E-state index contributed by atoms with van der Waals surface area (Å²) in [5.41, 5.74) is 1.49. The molecule has 1 rings (SSSR count). The lowest BCUT2D eigenvalue weighted by atomic mass is 10.2. The molecule has 0 radical (unpaired) electrons. The van der Waals surface area contributed by atoms with E-state index in [1.165, 1.54) is 0 Å². The zero-order chi connectivity index (χ0) is 16.8. The molecule has 6 heteroatoms. The summed E-state index contributed by atoms with van der Waals surface area (Å²) in [7, 11) is 0. The van der Waals surface area contributed by atoms with Crippen LogP contribution < -0.4 is 10.6 Å². The summed E-state index contributed by atoms with van der Waals surface area (Å²) >= 11 is 11.1. The third-order valence-corrected chi connectivity index (χ3v) is 3.18. The second-order valence-electron chi connectivity index (χ2n) is 6.03. The Morgan fingerprint density at radius 1 is 1.36 bits per heavy atom. The minimum absolute atomic E-state index is 0.193. The fourth-order valence-electron chi connectivity index (χ4n) is 1.76. The third kappa shape index (κ3) is 7.61. The number of benzene rings is 1. The van der Waals surface area contributed by atoms with Crippen molar-refractivity contribution in [2.75, 3.05) is 11.9 Å². The summed E-state index contributed by atoms with van der Waals surface area (Å²) in [6, 6.07) is 5.56. The number of ether oxygens (including phenoxy) is 1.